The van der Waals surface area contributed by atoms with Crippen molar-refractivity contribution >= 4 is 17.1 Å². The van der Waals surface area contributed by atoms with Gasteiger partial charge in [-0.3, -0.25) is 25.1 Å². The van der Waals surface area contributed by atoms with Gasteiger partial charge in [0.25, 0.3) is 11.4 Å². The standard InChI is InChI=1S/C19H19N7O4/c27-25(28)17-3-1-15(2-4-17)19-20-13-24(21-19)14-22-9-11-23(12-10-22)16-5-7-18(8-6-16)26(29)30/h1-8,13H,9-12,14H2. The van der Waals surface area contributed by atoms with Crippen LogP contribution in [0.1, 0.15) is 0 Å². The molecule has 11 heteroatoms. The smallest absolute Gasteiger partial charge is 0.269 e. The van der Waals surface area contributed by atoms with Crippen LogP contribution in [-0.2, 0) is 6.67 Å². The normalized spacial score (nSPS) is 14.6. The van der Waals surface area contributed by atoms with Crippen LogP contribution in [-0.4, -0.2) is 55.7 Å². The van der Waals surface area contributed by atoms with Crippen LogP contribution in [0.2, 0.25) is 0 Å². The third kappa shape index (κ3) is 4.25. The van der Waals surface area contributed by atoms with Crippen LogP contribution in [0.15, 0.2) is 54.9 Å². The number of nitro groups is 2. The van der Waals surface area contributed by atoms with Crippen LogP contribution >= 0.6 is 0 Å². The van der Waals surface area contributed by atoms with E-state index in [2.05, 4.69) is 19.9 Å². The first kappa shape index (κ1) is 19.5. The number of rotatable bonds is 6. The third-order valence-corrected chi connectivity index (χ3v) is 5.02. The summed E-state index contributed by atoms with van der Waals surface area (Å²) in [6, 6.07) is 12.8. The summed E-state index contributed by atoms with van der Waals surface area (Å²) >= 11 is 0. The van der Waals surface area contributed by atoms with E-state index in [9.17, 15) is 20.2 Å². The second kappa shape index (κ2) is 8.25. The van der Waals surface area contributed by atoms with Crippen LogP contribution in [0, 0.1) is 20.2 Å². The van der Waals surface area contributed by atoms with Crippen molar-refractivity contribution in [2.24, 2.45) is 0 Å². The molecular formula is C19H19N7O4. The van der Waals surface area contributed by atoms with Crippen LogP contribution in [0.4, 0.5) is 17.1 Å². The van der Waals surface area contributed by atoms with Crippen LogP contribution in [0.3, 0.4) is 0 Å². The van der Waals surface area contributed by atoms with E-state index < -0.39 is 9.85 Å². The minimum atomic E-state index is -0.438. The maximum Gasteiger partial charge on any atom is 0.269 e. The average molecular weight is 409 g/mol. The van der Waals surface area contributed by atoms with Gasteiger partial charge in [0.15, 0.2) is 5.82 Å². The fourth-order valence-corrected chi connectivity index (χ4v) is 3.36. The summed E-state index contributed by atoms with van der Waals surface area (Å²) in [6.45, 7) is 3.85. The van der Waals surface area contributed by atoms with Gasteiger partial charge in [0.1, 0.15) is 6.33 Å². The van der Waals surface area contributed by atoms with E-state index in [1.807, 2.05) is 0 Å². The Bertz CT molecular complexity index is 1040. The molecule has 154 valence electrons. The van der Waals surface area contributed by atoms with Crippen molar-refractivity contribution in [1.29, 1.82) is 0 Å². The number of piperazine rings is 1. The van der Waals surface area contributed by atoms with Crippen LogP contribution < -0.4 is 4.90 Å². The fourth-order valence-electron chi connectivity index (χ4n) is 3.36. The van der Waals surface area contributed by atoms with Gasteiger partial charge in [-0.2, -0.15) is 0 Å². The maximum absolute atomic E-state index is 10.8. The molecule has 1 fully saturated rings. The minimum absolute atomic E-state index is 0.0316. The summed E-state index contributed by atoms with van der Waals surface area (Å²) in [5.41, 5.74) is 1.82. The molecule has 1 aromatic heterocycles. The molecule has 0 saturated carbocycles. The number of nitro benzene ring substituents is 2. The molecule has 3 aromatic rings. The molecular weight excluding hydrogens is 390 g/mol. The lowest BCUT2D eigenvalue weighted by Gasteiger charge is -2.35. The SMILES string of the molecule is O=[N+]([O-])c1ccc(-c2ncn(CN3CCN(c4ccc([N+](=O)[O-])cc4)CC3)n2)cc1. The summed E-state index contributed by atoms with van der Waals surface area (Å²) < 4.78 is 1.75. The van der Waals surface area contributed by atoms with Crippen molar-refractivity contribution in [3.8, 4) is 11.4 Å². The number of nitrogens with zero attached hydrogens (tertiary/aromatic N) is 7. The fraction of sp³-hybridized carbons (Fsp3) is 0.263. The Kier molecular flexibility index (Phi) is 5.35. The van der Waals surface area contributed by atoms with E-state index in [4.69, 9.17) is 0 Å². The molecule has 0 bridgehead atoms. The van der Waals surface area contributed by atoms with Gasteiger partial charge in [-0.15, -0.1) is 5.10 Å². The van der Waals surface area contributed by atoms with Gasteiger partial charge >= 0.3 is 0 Å². The maximum atomic E-state index is 10.8. The number of hydrogen-bond donors (Lipinski definition) is 0. The van der Waals surface area contributed by atoms with Crippen molar-refractivity contribution in [2.75, 3.05) is 31.1 Å². The predicted octanol–water partition coefficient (Wildman–Crippen LogP) is 2.54. The molecule has 0 radical (unpaired) electrons. The lowest BCUT2D eigenvalue weighted by molar-refractivity contribution is -0.385. The topological polar surface area (TPSA) is 123 Å². The molecule has 0 spiro atoms. The summed E-state index contributed by atoms with van der Waals surface area (Å²) in [4.78, 5) is 29.5. The second-order valence-corrected chi connectivity index (χ2v) is 6.93. The summed E-state index contributed by atoms with van der Waals surface area (Å²) in [5, 5.41) is 26.0. The summed E-state index contributed by atoms with van der Waals surface area (Å²) in [6.07, 6.45) is 1.65. The van der Waals surface area contributed by atoms with Crippen molar-refractivity contribution in [2.45, 2.75) is 6.67 Å². The predicted molar refractivity (Wildman–Crippen MR) is 109 cm³/mol. The molecule has 2 heterocycles. The van der Waals surface area contributed by atoms with Gasteiger partial charge in [0, 0.05) is 61.7 Å². The second-order valence-electron chi connectivity index (χ2n) is 6.93. The van der Waals surface area contributed by atoms with E-state index in [-0.39, 0.29) is 11.4 Å². The van der Waals surface area contributed by atoms with Gasteiger partial charge in [-0.1, -0.05) is 0 Å². The zero-order valence-corrected chi connectivity index (χ0v) is 16.0. The first-order valence-electron chi connectivity index (χ1n) is 9.35. The van der Waals surface area contributed by atoms with E-state index in [0.29, 0.717) is 12.5 Å². The highest BCUT2D eigenvalue weighted by Gasteiger charge is 2.19. The third-order valence-electron chi connectivity index (χ3n) is 5.02. The van der Waals surface area contributed by atoms with E-state index >= 15 is 0 Å². The van der Waals surface area contributed by atoms with Gasteiger partial charge < -0.3 is 4.90 Å². The summed E-state index contributed by atoms with van der Waals surface area (Å²) in [7, 11) is 0. The lowest BCUT2D eigenvalue weighted by Crippen LogP contribution is -2.46. The zero-order valence-electron chi connectivity index (χ0n) is 16.0. The molecule has 1 saturated heterocycles. The Hall–Kier alpha value is -3.86. The van der Waals surface area contributed by atoms with Gasteiger partial charge in [-0.25, -0.2) is 9.67 Å². The highest BCUT2D eigenvalue weighted by molar-refractivity contribution is 5.56. The van der Waals surface area contributed by atoms with Gasteiger partial charge in [-0.05, 0) is 24.3 Å². The van der Waals surface area contributed by atoms with Crippen molar-refractivity contribution in [3.63, 3.8) is 0 Å². The van der Waals surface area contributed by atoms with Gasteiger partial charge in [0.2, 0.25) is 0 Å². The van der Waals surface area contributed by atoms with Crippen molar-refractivity contribution < 1.29 is 9.85 Å². The molecule has 1 aliphatic heterocycles. The van der Waals surface area contributed by atoms with E-state index in [1.54, 1.807) is 35.3 Å². The number of hydrogen-bond acceptors (Lipinski definition) is 8. The zero-order chi connectivity index (χ0) is 21.1. The average Bonchev–Trinajstić information content (AvgIpc) is 3.23. The Morgan fingerprint density at radius 2 is 1.40 bits per heavy atom. The lowest BCUT2D eigenvalue weighted by atomic mass is 10.2. The number of non-ortho nitro benzene ring substituents is 2. The molecule has 0 unspecified atom stereocenters. The summed E-state index contributed by atoms with van der Waals surface area (Å²) in [5.74, 6) is 0.523. The molecule has 11 nitrogen and oxygen atoms in total. The Labute approximate surface area is 171 Å². The molecule has 0 N–H and O–H groups in total. The Morgan fingerprint density at radius 1 is 0.833 bits per heavy atom. The Morgan fingerprint density at radius 3 is 1.97 bits per heavy atom. The van der Waals surface area contributed by atoms with Crippen molar-refractivity contribution in [1.82, 2.24) is 19.7 Å². The first-order chi connectivity index (χ1) is 14.5. The van der Waals surface area contributed by atoms with Crippen LogP contribution in [0.25, 0.3) is 11.4 Å². The molecule has 1 aliphatic rings. The van der Waals surface area contributed by atoms with E-state index in [1.165, 1.54) is 24.3 Å². The molecule has 0 amide bonds. The molecule has 0 atom stereocenters. The largest absolute Gasteiger partial charge is 0.369 e. The number of benzene rings is 2. The number of aromatic nitrogens is 3. The monoisotopic (exact) mass is 409 g/mol. The molecule has 0 aliphatic carbocycles. The minimum Gasteiger partial charge on any atom is -0.369 e. The molecule has 2 aromatic carbocycles. The highest BCUT2D eigenvalue weighted by atomic mass is 16.6. The first-order valence-corrected chi connectivity index (χ1v) is 9.35. The molecule has 30 heavy (non-hydrogen) atoms. The van der Waals surface area contributed by atoms with E-state index in [0.717, 1.165) is 37.4 Å². The number of anilines is 1. The van der Waals surface area contributed by atoms with Crippen LogP contribution in [0.5, 0.6) is 0 Å². The van der Waals surface area contributed by atoms with Crippen molar-refractivity contribution in [3.05, 3.63) is 75.1 Å². The quantitative estimate of drug-likeness (QED) is 0.449. The Balaban J connectivity index is 1.33. The van der Waals surface area contributed by atoms with Gasteiger partial charge in [0.05, 0.1) is 16.5 Å². The molecule has 4 rings (SSSR count). The highest BCUT2D eigenvalue weighted by Crippen LogP contribution is 2.21.